The van der Waals surface area contributed by atoms with Crippen LogP contribution in [0.1, 0.15) is 49.2 Å². The topological polar surface area (TPSA) is 85.6 Å². The molecule has 0 aliphatic heterocycles. The van der Waals surface area contributed by atoms with Gasteiger partial charge in [0.05, 0.1) is 30.2 Å². The number of methoxy groups -OCH3 is 1. The molecule has 0 radical (unpaired) electrons. The second kappa shape index (κ2) is 7.59. The lowest BCUT2D eigenvalue weighted by atomic mass is 10.0. The summed E-state index contributed by atoms with van der Waals surface area (Å²) in [5.74, 6) is -1.05. The van der Waals surface area contributed by atoms with Crippen LogP contribution in [0.15, 0.2) is 22.8 Å². The Morgan fingerprint density at radius 2 is 1.89 bits per heavy atom. The van der Waals surface area contributed by atoms with E-state index < -0.39 is 5.97 Å². The highest BCUT2D eigenvalue weighted by Crippen LogP contribution is 2.34. The maximum absolute atomic E-state index is 12.7. The normalized spacial score (nSPS) is 10.9. The molecular formula is C21H21NO5S. The number of rotatable bonds is 5. The molecule has 3 rings (SSSR count). The van der Waals surface area contributed by atoms with Gasteiger partial charge in [0.25, 0.3) is 0 Å². The highest BCUT2D eigenvalue weighted by molar-refractivity contribution is 7.18. The number of hydrogen-bond donors (Lipinski definition) is 1. The number of ether oxygens (including phenoxy) is 1. The first-order valence-corrected chi connectivity index (χ1v) is 9.54. The zero-order valence-electron chi connectivity index (χ0n) is 16.4. The van der Waals surface area contributed by atoms with Gasteiger partial charge in [-0.05, 0) is 50.5 Å². The summed E-state index contributed by atoms with van der Waals surface area (Å²) in [5.41, 5.74) is 4.36. The van der Waals surface area contributed by atoms with Gasteiger partial charge in [-0.3, -0.25) is 9.59 Å². The quantitative estimate of drug-likeness (QED) is 0.501. The van der Waals surface area contributed by atoms with Crippen molar-refractivity contribution in [2.45, 2.75) is 34.1 Å². The molecule has 28 heavy (non-hydrogen) atoms. The van der Waals surface area contributed by atoms with Crippen LogP contribution >= 0.6 is 11.3 Å². The molecule has 0 fully saturated rings. The van der Waals surface area contributed by atoms with Crippen molar-refractivity contribution in [1.82, 2.24) is 0 Å². The van der Waals surface area contributed by atoms with Crippen molar-refractivity contribution in [3.8, 4) is 0 Å². The molecule has 0 atom stereocenters. The number of carbonyl (C=O) groups excluding carboxylic acids is 3. The van der Waals surface area contributed by atoms with E-state index in [9.17, 15) is 14.4 Å². The van der Waals surface area contributed by atoms with Gasteiger partial charge in [0.2, 0.25) is 5.91 Å². The summed E-state index contributed by atoms with van der Waals surface area (Å²) in [6.45, 7) is 7.06. The van der Waals surface area contributed by atoms with E-state index in [1.165, 1.54) is 14.0 Å². The Bertz CT molecular complexity index is 1110. The molecule has 7 heteroatoms. The van der Waals surface area contributed by atoms with Crippen molar-refractivity contribution in [3.63, 3.8) is 0 Å². The van der Waals surface area contributed by atoms with Crippen LogP contribution in [0.5, 0.6) is 0 Å². The van der Waals surface area contributed by atoms with Crippen LogP contribution in [0.2, 0.25) is 0 Å². The average molecular weight is 399 g/mol. The van der Waals surface area contributed by atoms with E-state index in [1.54, 1.807) is 13.2 Å². The van der Waals surface area contributed by atoms with Crippen LogP contribution in [-0.4, -0.2) is 24.8 Å². The summed E-state index contributed by atoms with van der Waals surface area (Å²) >= 11 is 1.08. The van der Waals surface area contributed by atoms with Gasteiger partial charge in [-0.1, -0.05) is 6.07 Å². The van der Waals surface area contributed by atoms with Crippen molar-refractivity contribution in [2.75, 3.05) is 12.4 Å². The molecule has 0 aliphatic rings. The maximum Gasteiger partial charge on any atom is 0.341 e. The number of esters is 1. The first kappa shape index (κ1) is 19.8. The van der Waals surface area contributed by atoms with Gasteiger partial charge in [0.1, 0.15) is 10.6 Å². The number of nitrogens with one attached hydrogen (secondary N) is 1. The minimum Gasteiger partial charge on any atom is -0.465 e. The minimum absolute atomic E-state index is 0.0872. The van der Waals surface area contributed by atoms with E-state index in [-0.39, 0.29) is 23.7 Å². The van der Waals surface area contributed by atoms with Gasteiger partial charge in [0.15, 0.2) is 5.78 Å². The highest BCUT2D eigenvalue weighted by Gasteiger charge is 2.25. The molecule has 2 heterocycles. The molecule has 3 aromatic rings. The van der Waals surface area contributed by atoms with Gasteiger partial charge in [-0.2, -0.15) is 0 Å². The largest absolute Gasteiger partial charge is 0.465 e. The molecule has 0 saturated carbocycles. The highest BCUT2D eigenvalue weighted by atomic mass is 32.1. The Labute approximate surface area is 166 Å². The summed E-state index contributed by atoms with van der Waals surface area (Å²) in [7, 11) is 1.26. The first-order valence-electron chi connectivity index (χ1n) is 8.72. The zero-order valence-corrected chi connectivity index (χ0v) is 17.2. The Morgan fingerprint density at radius 3 is 2.54 bits per heavy atom. The molecule has 1 aromatic carbocycles. The van der Waals surface area contributed by atoms with E-state index in [2.05, 4.69) is 5.32 Å². The number of anilines is 1. The fourth-order valence-corrected chi connectivity index (χ4v) is 4.49. The van der Waals surface area contributed by atoms with Gasteiger partial charge in [-0.15, -0.1) is 11.3 Å². The van der Waals surface area contributed by atoms with Crippen LogP contribution < -0.4 is 5.32 Å². The van der Waals surface area contributed by atoms with Gasteiger partial charge < -0.3 is 14.5 Å². The predicted octanol–water partition coefficient (Wildman–Crippen LogP) is 4.59. The van der Waals surface area contributed by atoms with Crippen molar-refractivity contribution in [3.05, 3.63) is 51.1 Å². The number of Topliss-reactive ketones (excluding diaryl/α,β-unsaturated/α-hetero) is 1. The fraction of sp³-hybridized carbons (Fsp3) is 0.286. The molecule has 6 nitrogen and oxygen atoms in total. The lowest BCUT2D eigenvalue weighted by molar-refractivity contribution is -0.115. The van der Waals surface area contributed by atoms with Crippen molar-refractivity contribution < 1.29 is 23.5 Å². The molecule has 0 spiro atoms. The Kier molecular flexibility index (Phi) is 5.38. The molecule has 0 aliphatic carbocycles. The third-order valence-electron chi connectivity index (χ3n) is 4.55. The fourth-order valence-electron chi connectivity index (χ4n) is 3.39. The maximum atomic E-state index is 12.7. The summed E-state index contributed by atoms with van der Waals surface area (Å²) in [6, 6.07) is 3.97. The number of ketones is 1. The number of benzene rings is 1. The number of fused-ring (bicyclic) bond motifs is 1. The van der Waals surface area contributed by atoms with Gasteiger partial charge in [-0.25, -0.2) is 4.79 Å². The number of thiophene rings is 1. The van der Waals surface area contributed by atoms with Crippen molar-refractivity contribution >= 4 is 45.0 Å². The van der Waals surface area contributed by atoms with E-state index >= 15 is 0 Å². The lowest BCUT2D eigenvalue weighted by Crippen LogP contribution is -2.16. The molecule has 1 amide bonds. The SMILES string of the molecule is COC(=O)c1c(NC(=O)Cc2coc3cc(C)cc(C)c23)sc(C(C)=O)c1C. The number of amides is 1. The van der Waals surface area contributed by atoms with Crippen LogP contribution in [-0.2, 0) is 16.0 Å². The Balaban J connectivity index is 1.91. The molecule has 0 saturated heterocycles. The Morgan fingerprint density at radius 1 is 1.18 bits per heavy atom. The zero-order chi connectivity index (χ0) is 20.6. The molecule has 146 valence electrons. The summed E-state index contributed by atoms with van der Waals surface area (Å²) in [6.07, 6.45) is 1.67. The van der Waals surface area contributed by atoms with E-state index in [4.69, 9.17) is 9.15 Å². The Hall–Kier alpha value is -2.93. The van der Waals surface area contributed by atoms with E-state index in [0.717, 1.165) is 39.0 Å². The van der Waals surface area contributed by atoms with Crippen molar-refractivity contribution in [1.29, 1.82) is 0 Å². The number of carbonyl (C=O) groups is 3. The molecule has 0 unspecified atom stereocenters. The lowest BCUT2D eigenvalue weighted by Gasteiger charge is -2.06. The van der Waals surface area contributed by atoms with E-state index in [0.29, 0.717) is 15.4 Å². The van der Waals surface area contributed by atoms with Crippen molar-refractivity contribution in [2.24, 2.45) is 0 Å². The number of hydrogen-bond acceptors (Lipinski definition) is 6. The van der Waals surface area contributed by atoms with Gasteiger partial charge >= 0.3 is 5.97 Å². The van der Waals surface area contributed by atoms with Crippen LogP contribution in [0.4, 0.5) is 5.00 Å². The summed E-state index contributed by atoms with van der Waals surface area (Å²) < 4.78 is 10.4. The van der Waals surface area contributed by atoms with Crippen LogP contribution in [0.3, 0.4) is 0 Å². The third-order valence-corrected chi connectivity index (χ3v) is 5.86. The third kappa shape index (κ3) is 3.57. The summed E-state index contributed by atoms with van der Waals surface area (Å²) in [4.78, 5) is 37.1. The predicted molar refractivity (Wildman–Crippen MR) is 108 cm³/mol. The smallest absolute Gasteiger partial charge is 0.341 e. The molecule has 0 bridgehead atoms. The monoisotopic (exact) mass is 399 g/mol. The van der Waals surface area contributed by atoms with Gasteiger partial charge in [0, 0.05) is 10.9 Å². The van der Waals surface area contributed by atoms with Crippen LogP contribution in [0, 0.1) is 20.8 Å². The molecular weight excluding hydrogens is 378 g/mol. The second-order valence-corrected chi connectivity index (χ2v) is 7.77. The molecule has 2 aromatic heterocycles. The second-order valence-electron chi connectivity index (χ2n) is 6.75. The number of furan rings is 1. The standard InChI is InChI=1S/C21H21NO5S/c1-10-6-11(2)17-14(9-27-15(17)7-10)8-16(24)22-20-18(21(25)26-5)12(3)19(28-20)13(4)23/h6-7,9H,8H2,1-5H3,(H,22,24). The minimum atomic E-state index is -0.586. The summed E-state index contributed by atoms with van der Waals surface area (Å²) in [5, 5.41) is 4.00. The van der Waals surface area contributed by atoms with E-state index in [1.807, 2.05) is 26.0 Å². The first-order chi connectivity index (χ1) is 13.2. The molecule has 1 N–H and O–H groups in total. The average Bonchev–Trinajstić information content (AvgIpc) is 3.15. The number of aryl methyl sites for hydroxylation is 2. The van der Waals surface area contributed by atoms with Crippen LogP contribution in [0.25, 0.3) is 11.0 Å².